The lowest BCUT2D eigenvalue weighted by Gasteiger charge is -2.57. The Labute approximate surface area is 216 Å². The molecule has 4 atom stereocenters. The summed E-state index contributed by atoms with van der Waals surface area (Å²) < 4.78 is 12.7. The van der Waals surface area contributed by atoms with E-state index >= 15 is 0 Å². The molecule has 202 valence electrons. The van der Waals surface area contributed by atoms with Crippen LogP contribution >= 0.6 is 0 Å². The average Bonchev–Trinajstić information content (AvgIpc) is 2.87. The Bertz CT molecular complexity index is 837. The molecule has 1 heterocycles. The van der Waals surface area contributed by atoms with Gasteiger partial charge in [-0.25, -0.2) is 0 Å². The van der Waals surface area contributed by atoms with Gasteiger partial charge in [-0.15, -0.1) is 0 Å². The van der Waals surface area contributed by atoms with Crippen LogP contribution in [0, 0.1) is 22.7 Å². The van der Waals surface area contributed by atoms with Gasteiger partial charge in [0.15, 0.2) is 5.79 Å². The van der Waals surface area contributed by atoms with Crippen molar-refractivity contribution < 1.29 is 23.9 Å². The number of ether oxygens (including phenoxy) is 2. The molecular formula is C28H52O5Si2. The van der Waals surface area contributed by atoms with Crippen LogP contribution in [-0.2, 0) is 23.9 Å². The van der Waals surface area contributed by atoms with Gasteiger partial charge in [0, 0.05) is 32.9 Å². The minimum atomic E-state index is -2.07. The van der Waals surface area contributed by atoms with E-state index in [0.29, 0.717) is 19.3 Å². The smallest absolute Gasteiger partial charge is 0.164 e. The third-order valence-electron chi connectivity index (χ3n) is 9.67. The molecule has 2 fully saturated rings. The summed E-state index contributed by atoms with van der Waals surface area (Å²) in [5.74, 6) is -1.53. The Balaban J connectivity index is 2.79. The molecule has 35 heavy (non-hydrogen) atoms. The van der Waals surface area contributed by atoms with E-state index in [1.54, 1.807) is 0 Å². The van der Waals surface area contributed by atoms with Crippen LogP contribution in [0.15, 0.2) is 0 Å². The van der Waals surface area contributed by atoms with Crippen LogP contribution in [0.1, 0.15) is 81.1 Å². The first kappa shape index (κ1) is 30.6. The van der Waals surface area contributed by atoms with Crippen molar-refractivity contribution in [3.8, 4) is 0 Å². The molecule has 1 unspecified atom stereocenters. The molecule has 0 amide bonds. The van der Waals surface area contributed by atoms with Crippen molar-refractivity contribution in [1.82, 2.24) is 0 Å². The summed E-state index contributed by atoms with van der Waals surface area (Å²) in [5.41, 5.74) is -1.78. The summed E-state index contributed by atoms with van der Waals surface area (Å²) in [5, 5.41) is 0. The molecule has 1 aliphatic carbocycles. The van der Waals surface area contributed by atoms with Crippen LogP contribution in [0.3, 0.4) is 0 Å². The van der Waals surface area contributed by atoms with Crippen molar-refractivity contribution in [2.75, 3.05) is 0 Å². The highest BCUT2D eigenvalue weighted by molar-refractivity contribution is 7.41. The highest BCUT2D eigenvalue weighted by Crippen LogP contribution is 2.60. The maximum absolute atomic E-state index is 14.9. The van der Waals surface area contributed by atoms with E-state index in [-0.39, 0.29) is 29.1 Å². The first-order chi connectivity index (χ1) is 15.6. The molecule has 0 radical (unpaired) electrons. The van der Waals surface area contributed by atoms with Gasteiger partial charge in [0.25, 0.3) is 0 Å². The number of aldehydes is 1. The molecule has 2 aliphatic rings. The van der Waals surface area contributed by atoms with Gasteiger partial charge in [0.05, 0.1) is 17.6 Å². The fourth-order valence-electron chi connectivity index (χ4n) is 6.65. The molecule has 5 nitrogen and oxygen atoms in total. The number of ketones is 2. The lowest BCUT2D eigenvalue weighted by Crippen LogP contribution is -2.64. The van der Waals surface area contributed by atoms with Crippen molar-refractivity contribution in [3.05, 3.63) is 0 Å². The highest BCUT2D eigenvalue weighted by atomic mass is 29.3. The third kappa shape index (κ3) is 5.63. The molecule has 0 bridgehead atoms. The summed E-state index contributed by atoms with van der Waals surface area (Å²) >= 11 is 0. The second-order valence-electron chi connectivity index (χ2n) is 14.8. The highest BCUT2D eigenvalue weighted by Gasteiger charge is 2.64. The minimum Gasteiger partial charge on any atom is -0.344 e. The van der Waals surface area contributed by atoms with Crippen molar-refractivity contribution >= 4 is 33.0 Å². The Morgan fingerprint density at radius 3 is 1.97 bits per heavy atom. The molecule has 1 saturated carbocycles. The summed E-state index contributed by atoms with van der Waals surface area (Å²) in [6.07, 6.45) is 3.07. The van der Waals surface area contributed by atoms with Crippen LogP contribution < -0.4 is 0 Å². The zero-order chi connectivity index (χ0) is 27.4. The van der Waals surface area contributed by atoms with E-state index in [1.807, 2.05) is 41.5 Å². The maximum atomic E-state index is 14.9. The van der Waals surface area contributed by atoms with Crippen molar-refractivity contribution in [3.63, 3.8) is 0 Å². The first-order valence-corrected chi connectivity index (χ1v) is 21.0. The SMILES string of the molecule is CC(C)C(=O)C1C(=O)[C@@](C[C@H]2OC(C)(C)OC2(C)C)([C@@H](CC=O)[Si](C)(C)[Si](C)(C)C)CCC1(C)C. The van der Waals surface area contributed by atoms with E-state index in [0.717, 1.165) is 12.7 Å². The summed E-state index contributed by atoms with van der Waals surface area (Å²) in [7, 11) is -3.77. The number of hydrogen-bond acceptors (Lipinski definition) is 5. The lowest BCUT2D eigenvalue weighted by atomic mass is 9.53. The predicted octanol–water partition coefficient (Wildman–Crippen LogP) is 6.61. The third-order valence-corrected chi connectivity index (χ3v) is 28.7. The average molecular weight is 525 g/mol. The largest absolute Gasteiger partial charge is 0.344 e. The minimum absolute atomic E-state index is 0.0320. The molecule has 0 aromatic rings. The topological polar surface area (TPSA) is 69.7 Å². The van der Waals surface area contributed by atoms with Crippen LogP contribution in [0.2, 0.25) is 38.3 Å². The molecule has 1 saturated heterocycles. The predicted molar refractivity (Wildman–Crippen MR) is 148 cm³/mol. The van der Waals surface area contributed by atoms with E-state index in [4.69, 9.17) is 9.47 Å². The Kier molecular flexibility index (Phi) is 8.38. The number of hydrogen-bond donors (Lipinski definition) is 0. The molecule has 7 heteroatoms. The van der Waals surface area contributed by atoms with Gasteiger partial charge in [-0.3, -0.25) is 9.59 Å². The molecule has 1 aliphatic heterocycles. The van der Waals surface area contributed by atoms with Gasteiger partial charge < -0.3 is 14.3 Å². The fourth-order valence-corrected chi connectivity index (χ4v) is 14.5. The zero-order valence-electron chi connectivity index (χ0n) is 24.8. The lowest BCUT2D eigenvalue weighted by molar-refractivity contribution is -0.163. The molecule has 0 spiro atoms. The summed E-state index contributed by atoms with van der Waals surface area (Å²) in [6, 6.07) is 0. The second-order valence-corrected chi connectivity index (χ2v) is 31.8. The molecular weight excluding hydrogens is 472 g/mol. The van der Waals surface area contributed by atoms with Crippen LogP contribution in [0.4, 0.5) is 0 Å². The zero-order valence-corrected chi connectivity index (χ0v) is 26.8. The first-order valence-electron chi connectivity index (χ1n) is 13.5. The van der Waals surface area contributed by atoms with Crippen LogP contribution in [0.5, 0.6) is 0 Å². The van der Waals surface area contributed by atoms with Crippen molar-refractivity contribution in [2.45, 2.75) is 137 Å². The molecule has 0 N–H and O–H groups in total. The van der Waals surface area contributed by atoms with E-state index in [9.17, 15) is 14.4 Å². The Morgan fingerprint density at radius 2 is 1.57 bits per heavy atom. The van der Waals surface area contributed by atoms with Gasteiger partial charge in [-0.05, 0) is 57.9 Å². The monoisotopic (exact) mass is 524 g/mol. The standard InChI is InChI=1S/C28H52O5Si2/c1-19(2)23(30)22-24(31)28(16-15-25(22,3)4,18-20-26(5,6)33-27(7,8)32-20)21(14-17-29)35(12,13)34(9,10)11/h17,19-22H,14-16,18H2,1-13H3/t20-,21-,22?,28+/m1/s1. The Hall–Kier alpha value is -0.636. The van der Waals surface area contributed by atoms with E-state index < -0.39 is 43.3 Å². The van der Waals surface area contributed by atoms with Gasteiger partial charge >= 0.3 is 0 Å². The quantitative estimate of drug-likeness (QED) is 0.193. The normalized spacial score (nSPS) is 31.4. The van der Waals surface area contributed by atoms with Gasteiger partial charge in [-0.1, -0.05) is 60.4 Å². The number of rotatable bonds is 9. The fraction of sp³-hybridized carbons (Fsp3) is 0.893. The van der Waals surface area contributed by atoms with E-state index in [1.165, 1.54) is 0 Å². The summed E-state index contributed by atoms with van der Waals surface area (Å²) in [6.45, 7) is 27.7. The molecule has 2 rings (SSSR count). The Morgan fingerprint density at radius 1 is 1.03 bits per heavy atom. The summed E-state index contributed by atoms with van der Waals surface area (Å²) in [4.78, 5) is 40.6. The number of carbonyl (C=O) groups excluding carboxylic acids is 3. The number of Topliss-reactive ketones (excluding diaryl/α,β-unsaturated/α-hetero) is 2. The van der Waals surface area contributed by atoms with Gasteiger partial charge in [-0.2, -0.15) is 0 Å². The molecule has 0 aromatic carbocycles. The van der Waals surface area contributed by atoms with Crippen molar-refractivity contribution in [1.29, 1.82) is 0 Å². The molecule has 0 aromatic heterocycles. The van der Waals surface area contributed by atoms with Gasteiger partial charge in [0.1, 0.15) is 17.9 Å². The van der Waals surface area contributed by atoms with Crippen LogP contribution in [-0.4, -0.2) is 50.5 Å². The maximum Gasteiger partial charge on any atom is 0.164 e. The van der Waals surface area contributed by atoms with Crippen LogP contribution in [0.25, 0.3) is 0 Å². The number of carbonyl (C=O) groups is 3. The van der Waals surface area contributed by atoms with Crippen molar-refractivity contribution in [2.24, 2.45) is 22.7 Å². The second kappa shape index (κ2) is 9.59. The van der Waals surface area contributed by atoms with E-state index in [2.05, 4.69) is 46.6 Å². The van der Waals surface area contributed by atoms with Gasteiger partial charge in [0.2, 0.25) is 0 Å².